The second kappa shape index (κ2) is 7.41. The van der Waals surface area contributed by atoms with Gasteiger partial charge in [-0.2, -0.15) is 0 Å². The Morgan fingerprint density at radius 2 is 2.13 bits per heavy atom. The van der Waals surface area contributed by atoms with Gasteiger partial charge in [0.1, 0.15) is 5.82 Å². The summed E-state index contributed by atoms with van der Waals surface area (Å²) < 4.78 is 19.0. The molecule has 0 aliphatic carbocycles. The molecule has 2 fully saturated rings. The number of piperidine rings is 1. The summed E-state index contributed by atoms with van der Waals surface area (Å²) in [7, 11) is 2.11. The molecular weight excluding hydrogens is 295 g/mol. The molecule has 0 aromatic heterocycles. The standard InChI is InChI=1S/C18H25FN2O2/c1-20-8-5-17(6-9-20)21(12-14-7-10-23-13-14)18(22)15-3-2-4-16(19)11-15/h2-4,11,14,17H,5-10,12-13H2,1H3/t14-/m1/s1. The molecule has 23 heavy (non-hydrogen) atoms. The number of likely N-dealkylation sites (tertiary alicyclic amines) is 1. The van der Waals surface area contributed by atoms with Crippen molar-refractivity contribution in [2.75, 3.05) is 39.9 Å². The summed E-state index contributed by atoms with van der Waals surface area (Å²) in [6, 6.07) is 6.27. The van der Waals surface area contributed by atoms with Gasteiger partial charge in [-0.05, 0) is 57.6 Å². The number of rotatable bonds is 4. The summed E-state index contributed by atoms with van der Waals surface area (Å²) >= 11 is 0. The molecule has 2 aliphatic rings. The normalized spacial score (nSPS) is 23.1. The Hall–Kier alpha value is -1.46. The predicted molar refractivity (Wildman–Crippen MR) is 86.9 cm³/mol. The predicted octanol–water partition coefficient (Wildman–Crippen LogP) is 2.40. The Kier molecular flexibility index (Phi) is 5.28. The van der Waals surface area contributed by atoms with E-state index in [2.05, 4.69) is 11.9 Å². The Balaban J connectivity index is 1.77. The third-order valence-corrected chi connectivity index (χ3v) is 4.94. The SMILES string of the molecule is CN1CCC(N(C[C@H]2CCOC2)C(=O)c2cccc(F)c2)CC1. The van der Waals surface area contributed by atoms with Crippen LogP contribution in [0.25, 0.3) is 0 Å². The first-order valence-corrected chi connectivity index (χ1v) is 8.46. The molecular formula is C18H25FN2O2. The molecule has 0 spiro atoms. The number of hydrogen-bond acceptors (Lipinski definition) is 3. The van der Waals surface area contributed by atoms with Crippen molar-refractivity contribution in [1.82, 2.24) is 9.80 Å². The average Bonchev–Trinajstić information content (AvgIpc) is 3.06. The fraction of sp³-hybridized carbons (Fsp3) is 0.611. The molecule has 0 N–H and O–H groups in total. The van der Waals surface area contributed by atoms with Gasteiger partial charge in [0, 0.05) is 30.7 Å². The van der Waals surface area contributed by atoms with Gasteiger partial charge in [0.15, 0.2) is 0 Å². The molecule has 0 unspecified atom stereocenters. The molecule has 1 aromatic carbocycles. The molecule has 1 aromatic rings. The lowest BCUT2D eigenvalue weighted by atomic mass is 9.99. The zero-order chi connectivity index (χ0) is 16.2. The summed E-state index contributed by atoms with van der Waals surface area (Å²) in [6.45, 7) is 4.21. The minimum absolute atomic E-state index is 0.0500. The van der Waals surface area contributed by atoms with E-state index in [-0.39, 0.29) is 17.8 Å². The number of benzene rings is 1. The van der Waals surface area contributed by atoms with E-state index < -0.39 is 0 Å². The highest BCUT2D eigenvalue weighted by Gasteiger charge is 2.30. The van der Waals surface area contributed by atoms with Crippen LogP contribution in [0.15, 0.2) is 24.3 Å². The monoisotopic (exact) mass is 320 g/mol. The number of hydrogen-bond donors (Lipinski definition) is 0. The fourth-order valence-corrected chi connectivity index (χ4v) is 3.50. The van der Waals surface area contributed by atoms with Crippen LogP contribution in [0.2, 0.25) is 0 Å². The van der Waals surface area contributed by atoms with Gasteiger partial charge >= 0.3 is 0 Å². The Labute approximate surface area is 137 Å². The highest BCUT2D eigenvalue weighted by atomic mass is 19.1. The summed E-state index contributed by atoms with van der Waals surface area (Å²) in [6.07, 6.45) is 2.95. The van der Waals surface area contributed by atoms with Crippen molar-refractivity contribution in [2.45, 2.75) is 25.3 Å². The van der Waals surface area contributed by atoms with E-state index in [9.17, 15) is 9.18 Å². The molecule has 0 saturated carbocycles. The first kappa shape index (κ1) is 16.4. The van der Waals surface area contributed by atoms with E-state index in [0.29, 0.717) is 18.0 Å². The summed E-state index contributed by atoms with van der Waals surface area (Å²) in [5.41, 5.74) is 0.447. The first-order valence-electron chi connectivity index (χ1n) is 8.46. The van der Waals surface area contributed by atoms with Gasteiger partial charge in [-0.1, -0.05) is 6.07 Å². The smallest absolute Gasteiger partial charge is 0.254 e. The van der Waals surface area contributed by atoms with Gasteiger partial charge in [-0.3, -0.25) is 4.79 Å². The minimum atomic E-state index is -0.358. The Bertz CT molecular complexity index is 538. The molecule has 1 atom stereocenters. The lowest BCUT2D eigenvalue weighted by Crippen LogP contribution is -2.48. The topological polar surface area (TPSA) is 32.8 Å². The van der Waals surface area contributed by atoms with Crippen LogP contribution in [0, 0.1) is 11.7 Å². The van der Waals surface area contributed by atoms with E-state index >= 15 is 0 Å². The van der Waals surface area contributed by atoms with Gasteiger partial charge in [0.2, 0.25) is 0 Å². The van der Waals surface area contributed by atoms with Crippen molar-refractivity contribution in [3.8, 4) is 0 Å². The summed E-state index contributed by atoms with van der Waals surface area (Å²) in [4.78, 5) is 17.2. The third-order valence-electron chi connectivity index (χ3n) is 4.94. The molecule has 3 rings (SSSR count). The molecule has 2 heterocycles. The van der Waals surface area contributed by atoms with Crippen molar-refractivity contribution in [3.05, 3.63) is 35.6 Å². The van der Waals surface area contributed by atoms with Gasteiger partial charge in [0.05, 0.1) is 6.61 Å². The minimum Gasteiger partial charge on any atom is -0.381 e. The molecule has 126 valence electrons. The van der Waals surface area contributed by atoms with Gasteiger partial charge in [0.25, 0.3) is 5.91 Å². The van der Waals surface area contributed by atoms with Crippen LogP contribution in [-0.4, -0.2) is 61.6 Å². The number of halogens is 1. The highest BCUT2D eigenvalue weighted by Crippen LogP contribution is 2.23. The number of carbonyl (C=O) groups is 1. The quantitative estimate of drug-likeness (QED) is 0.854. The van der Waals surface area contributed by atoms with Crippen molar-refractivity contribution in [3.63, 3.8) is 0 Å². The van der Waals surface area contributed by atoms with E-state index in [1.165, 1.54) is 12.1 Å². The molecule has 1 amide bonds. The number of amides is 1. The van der Waals surface area contributed by atoms with Crippen LogP contribution in [0.5, 0.6) is 0 Å². The second-order valence-electron chi connectivity index (χ2n) is 6.73. The summed E-state index contributed by atoms with van der Waals surface area (Å²) in [5, 5.41) is 0. The van der Waals surface area contributed by atoms with Crippen LogP contribution in [0.4, 0.5) is 4.39 Å². The molecule has 4 nitrogen and oxygen atoms in total. The van der Waals surface area contributed by atoms with Crippen LogP contribution in [0.3, 0.4) is 0 Å². The van der Waals surface area contributed by atoms with Gasteiger partial charge in [-0.15, -0.1) is 0 Å². The van der Waals surface area contributed by atoms with E-state index in [1.807, 2.05) is 4.90 Å². The number of ether oxygens (including phenoxy) is 1. The molecule has 5 heteroatoms. The highest BCUT2D eigenvalue weighted by molar-refractivity contribution is 5.94. The Morgan fingerprint density at radius 3 is 2.78 bits per heavy atom. The first-order chi connectivity index (χ1) is 11.1. The Morgan fingerprint density at radius 1 is 1.35 bits per heavy atom. The largest absolute Gasteiger partial charge is 0.381 e. The van der Waals surface area contributed by atoms with E-state index in [0.717, 1.165) is 45.6 Å². The van der Waals surface area contributed by atoms with Crippen molar-refractivity contribution >= 4 is 5.91 Å². The molecule has 0 bridgehead atoms. The van der Waals surface area contributed by atoms with E-state index in [1.54, 1.807) is 12.1 Å². The van der Waals surface area contributed by atoms with Crippen molar-refractivity contribution in [1.29, 1.82) is 0 Å². The third kappa shape index (κ3) is 4.09. The lowest BCUT2D eigenvalue weighted by Gasteiger charge is -2.38. The van der Waals surface area contributed by atoms with Crippen molar-refractivity contribution < 1.29 is 13.9 Å². The molecule has 2 aliphatic heterocycles. The summed E-state index contributed by atoms with van der Waals surface area (Å²) in [5.74, 6) is -0.0125. The average molecular weight is 320 g/mol. The zero-order valence-corrected chi connectivity index (χ0v) is 13.7. The molecule has 2 saturated heterocycles. The molecule has 0 radical (unpaired) electrons. The van der Waals surface area contributed by atoms with Crippen LogP contribution < -0.4 is 0 Å². The lowest BCUT2D eigenvalue weighted by molar-refractivity contribution is 0.0536. The van der Waals surface area contributed by atoms with E-state index in [4.69, 9.17) is 4.74 Å². The van der Waals surface area contributed by atoms with Gasteiger partial charge < -0.3 is 14.5 Å². The zero-order valence-electron chi connectivity index (χ0n) is 13.7. The van der Waals surface area contributed by atoms with Crippen LogP contribution in [-0.2, 0) is 4.74 Å². The second-order valence-corrected chi connectivity index (χ2v) is 6.73. The maximum Gasteiger partial charge on any atom is 0.254 e. The maximum absolute atomic E-state index is 13.5. The van der Waals surface area contributed by atoms with Crippen LogP contribution >= 0.6 is 0 Å². The van der Waals surface area contributed by atoms with Crippen molar-refractivity contribution in [2.24, 2.45) is 5.92 Å². The van der Waals surface area contributed by atoms with Gasteiger partial charge in [-0.25, -0.2) is 4.39 Å². The number of nitrogens with zero attached hydrogens (tertiary/aromatic N) is 2. The fourth-order valence-electron chi connectivity index (χ4n) is 3.50. The maximum atomic E-state index is 13.5. The number of carbonyl (C=O) groups excluding carboxylic acids is 1. The van der Waals surface area contributed by atoms with Crippen LogP contribution in [0.1, 0.15) is 29.6 Å².